The molecule has 0 aliphatic heterocycles. The van der Waals surface area contributed by atoms with Crippen molar-refractivity contribution in [3.05, 3.63) is 51.2 Å². The van der Waals surface area contributed by atoms with Crippen LogP contribution in [-0.2, 0) is 13.1 Å². The van der Waals surface area contributed by atoms with Crippen molar-refractivity contribution >= 4 is 17.2 Å². The van der Waals surface area contributed by atoms with Crippen molar-refractivity contribution in [1.82, 2.24) is 10.3 Å². The number of aromatic nitrogens is 1. The van der Waals surface area contributed by atoms with Crippen LogP contribution in [0, 0.1) is 12.7 Å². The highest BCUT2D eigenvalue weighted by molar-refractivity contribution is 7.09. The van der Waals surface area contributed by atoms with E-state index in [0.717, 1.165) is 10.7 Å². The Morgan fingerprint density at radius 2 is 2.30 bits per heavy atom. The normalized spacial score (nSPS) is 11.8. The van der Waals surface area contributed by atoms with E-state index in [1.165, 1.54) is 6.07 Å². The Labute approximate surface area is 120 Å². The summed E-state index contributed by atoms with van der Waals surface area (Å²) < 4.78 is 14.1. The molecule has 0 radical (unpaired) electrons. The summed E-state index contributed by atoms with van der Waals surface area (Å²) in [7, 11) is 0. The largest absolute Gasteiger partial charge is 0.409 e. The van der Waals surface area contributed by atoms with Crippen molar-refractivity contribution in [2.75, 3.05) is 0 Å². The van der Waals surface area contributed by atoms with Crippen molar-refractivity contribution in [2.24, 2.45) is 10.9 Å². The third-order valence-corrected chi connectivity index (χ3v) is 3.57. The zero-order valence-electron chi connectivity index (χ0n) is 10.9. The number of amidine groups is 1. The van der Waals surface area contributed by atoms with Crippen molar-refractivity contribution in [1.29, 1.82) is 0 Å². The number of halogens is 1. The number of hydrogen-bond acceptors (Lipinski definition) is 5. The van der Waals surface area contributed by atoms with Crippen LogP contribution in [0.3, 0.4) is 0 Å². The highest BCUT2D eigenvalue weighted by Gasteiger charge is 2.11. The molecule has 0 fully saturated rings. The van der Waals surface area contributed by atoms with E-state index in [9.17, 15) is 4.39 Å². The minimum Gasteiger partial charge on any atom is -0.409 e. The van der Waals surface area contributed by atoms with Gasteiger partial charge in [-0.05, 0) is 13.0 Å². The maximum Gasteiger partial charge on any atom is 0.173 e. The first-order valence-corrected chi connectivity index (χ1v) is 6.86. The summed E-state index contributed by atoms with van der Waals surface area (Å²) in [5, 5.41) is 17.5. The van der Waals surface area contributed by atoms with Crippen LogP contribution in [-0.4, -0.2) is 16.0 Å². The minimum absolute atomic E-state index is 0.0938. The van der Waals surface area contributed by atoms with Gasteiger partial charge in [0.1, 0.15) is 5.82 Å². The lowest BCUT2D eigenvalue weighted by atomic mass is 10.1. The van der Waals surface area contributed by atoms with Gasteiger partial charge < -0.3 is 16.3 Å². The molecule has 1 aromatic carbocycles. The number of thiazole rings is 1. The number of benzene rings is 1. The molecular formula is C13H15FN4OS. The van der Waals surface area contributed by atoms with Gasteiger partial charge in [-0.1, -0.05) is 17.3 Å². The summed E-state index contributed by atoms with van der Waals surface area (Å²) in [6.07, 6.45) is 0. The standard InChI is InChI=1S/C13H15FN4OS/c1-8-17-10(7-20-8)6-16-5-9-3-2-4-11(12(9)14)13(15)18-19/h2-4,7,16,19H,5-6H2,1H3,(H2,15,18). The van der Waals surface area contributed by atoms with Gasteiger partial charge in [-0.25, -0.2) is 9.37 Å². The number of nitrogens with one attached hydrogen (secondary N) is 1. The van der Waals surface area contributed by atoms with Crippen LogP contribution in [0.5, 0.6) is 0 Å². The smallest absolute Gasteiger partial charge is 0.173 e. The van der Waals surface area contributed by atoms with Gasteiger partial charge in [-0.2, -0.15) is 0 Å². The highest BCUT2D eigenvalue weighted by Crippen LogP contribution is 2.13. The van der Waals surface area contributed by atoms with E-state index in [0.29, 0.717) is 18.7 Å². The minimum atomic E-state index is -0.482. The zero-order chi connectivity index (χ0) is 14.5. The lowest BCUT2D eigenvalue weighted by molar-refractivity contribution is 0.318. The molecule has 2 aromatic rings. The summed E-state index contributed by atoms with van der Waals surface area (Å²) in [6.45, 7) is 2.85. The molecule has 0 spiro atoms. The average molecular weight is 294 g/mol. The summed E-state index contributed by atoms with van der Waals surface area (Å²) >= 11 is 1.58. The van der Waals surface area contributed by atoms with Gasteiger partial charge in [0.2, 0.25) is 0 Å². The molecule has 1 heterocycles. The summed E-state index contributed by atoms with van der Waals surface area (Å²) in [6, 6.07) is 4.79. The fourth-order valence-electron chi connectivity index (χ4n) is 1.78. The van der Waals surface area contributed by atoms with E-state index in [2.05, 4.69) is 15.5 Å². The fraction of sp³-hybridized carbons (Fsp3) is 0.231. The molecule has 5 nitrogen and oxygen atoms in total. The lowest BCUT2D eigenvalue weighted by Gasteiger charge is -2.08. The zero-order valence-corrected chi connectivity index (χ0v) is 11.7. The Balaban J connectivity index is 2.03. The van der Waals surface area contributed by atoms with Gasteiger partial charge in [0.05, 0.1) is 16.3 Å². The fourth-order valence-corrected chi connectivity index (χ4v) is 2.40. The molecule has 2 rings (SSSR count). The van der Waals surface area contributed by atoms with Crippen LogP contribution in [0.4, 0.5) is 4.39 Å². The Morgan fingerprint density at radius 3 is 2.95 bits per heavy atom. The molecule has 0 aliphatic carbocycles. The predicted octanol–water partition coefficient (Wildman–Crippen LogP) is 1.97. The van der Waals surface area contributed by atoms with E-state index < -0.39 is 5.82 Å². The molecular weight excluding hydrogens is 279 g/mol. The number of hydrogen-bond donors (Lipinski definition) is 3. The van der Waals surface area contributed by atoms with Crippen LogP contribution in [0.15, 0.2) is 28.7 Å². The highest BCUT2D eigenvalue weighted by atomic mass is 32.1. The van der Waals surface area contributed by atoms with Crippen molar-refractivity contribution < 1.29 is 9.60 Å². The third-order valence-electron chi connectivity index (χ3n) is 2.75. The molecule has 0 aliphatic rings. The molecule has 4 N–H and O–H groups in total. The van der Waals surface area contributed by atoms with E-state index in [1.54, 1.807) is 23.5 Å². The number of nitrogens with zero attached hydrogens (tertiary/aromatic N) is 2. The molecule has 0 saturated heterocycles. The summed E-state index contributed by atoms with van der Waals surface area (Å²) in [5.74, 6) is -0.718. The first-order valence-electron chi connectivity index (χ1n) is 5.99. The Morgan fingerprint density at radius 1 is 1.50 bits per heavy atom. The van der Waals surface area contributed by atoms with E-state index in [4.69, 9.17) is 10.9 Å². The van der Waals surface area contributed by atoms with Gasteiger partial charge in [0.25, 0.3) is 0 Å². The van der Waals surface area contributed by atoms with E-state index in [-0.39, 0.29) is 11.4 Å². The Bertz CT molecular complexity index is 627. The van der Waals surface area contributed by atoms with Crippen molar-refractivity contribution in [3.63, 3.8) is 0 Å². The molecule has 0 amide bonds. The predicted molar refractivity (Wildman–Crippen MR) is 76.3 cm³/mol. The molecule has 0 saturated carbocycles. The van der Waals surface area contributed by atoms with Crippen LogP contribution in [0.2, 0.25) is 0 Å². The molecule has 0 bridgehead atoms. The average Bonchev–Trinajstić information content (AvgIpc) is 2.85. The van der Waals surface area contributed by atoms with Crippen molar-refractivity contribution in [2.45, 2.75) is 20.0 Å². The quantitative estimate of drug-likeness (QED) is 0.341. The van der Waals surface area contributed by atoms with Gasteiger partial charge in [-0.3, -0.25) is 0 Å². The molecule has 0 atom stereocenters. The molecule has 20 heavy (non-hydrogen) atoms. The maximum atomic E-state index is 14.1. The second-order valence-corrected chi connectivity index (χ2v) is 5.29. The van der Waals surface area contributed by atoms with Crippen LogP contribution >= 0.6 is 11.3 Å². The van der Waals surface area contributed by atoms with Crippen LogP contribution < -0.4 is 11.1 Å². The maximum absolute atomic E-state index is 14.1. The summed E-state index contributed by atoms with van der Waals surface area (Å²) in [5.41, 5.74) is 6.90. The second kappa shape index (κ2) is 6.44. The van der Waals surface area contributed by atoms with Crippen LogP contribution in [0.25, 0.3) is 0 Å². The lowest BCUT2D eigenvalue weighted by Crippen LogP contribution is -2.18. The van der Waals surface area contributed by atoms with Crippen molar-refractivity contribution in [3.8, 4) is 0 Å². The van der Waals surface area contributed by atoms with Gasteiger partial charge in [-0.15, -0.1) is 11.3 Å². The Hall–Kier alpha value is -1.99. The van der Waals surface area contributed by atoms with Gasteiger partial charge in [0, 0.05) is 24.0 Å². The number of aryl methyl sites for hydroxylation is 1. The SMILES string of the molecule is Cc1nc(CNCc2cccc(/C(N)=N/O)c2F)cs1. The first kappa shape index (κ1) is 14.4. The second-order valence-electron chi connectivity index (χ2n) is 4.23. The first-order chi connectivity index (χ1) is 9.61. The topological polar surface area (TPSA) is 83.5 Å². The number of nitrogens with two attached hydrogens (primary N) is 1. The van der Waals surface area contributed by atoms with E-state index in [1.807, 2.05) is 12.3 Å². The molecule has 0 unspecified atom stereocenters. The summed E-state index contributed by atoms with van der Waals surface area (Å²) in [4.78, 5) is 4.31. The van der Waals surface area contributed by atoms with Gasteiger partial charge >= 0.3 is 0 Å². The molecule has 1 aromatic heterocycles. The number of rotatable bonds is 5. The third kappa shape index (κ3) is 3.31. The molecule has 106 valence electrons. The number of oxime groups is 1. The Kier molecular flexibility index (Phi) is 4.65. The molecule has 7 heteroatoms. The van der Waals surface area contributed by atoms with E-state index >= 15 is 0 Å². The monoisotopic (exact) mass is 294 g/mol. The van der Waals surface area contributed by atoms with Gasteiger partial charge in [0.15, 0.2) is 5.84 Å². The van der Waals surface area contributed by atoms with Crippen LogP contribution in [0.1, 0.15) is 21.8 Å².